The van der Waals surface area contributed by atoms with Crippen LogP contribution >= 0.6 is 0 Å². The molecule has 0 saturated carbocycles. The summed E-state index contributed by atoms with van der Waals surface area (Å²) in [5.41, 5.74) is 3.27. The lowest BCUT2D eigenvalue weighted by molar-refractivity contribution is 0.0222. The molecule has 1 aliphatic rings. The number of aromatic nitrogens is 2. The number of rotatable bonds is 3. The number of aryl methyl sites for hydroxylation is 1. The molecular weight excluding hydrogens is 370 g/mol. The maximum atomic E-state index is 13.0. The van der Waals surface area contributed by atoms with Gasteiger partial charge in [-0.05, 0) is 45.0 Å². The molecule has 0 radical (unpaired) electrons. The highest BCUT2D eigenvalue weighted by Gasteiger charge is 2.31. The molecular formula is C21H29N5O3. The molecule has 2 heterocycles. The van der Waals surface area contributed by atoms with Gasteiger partial charge in [0.2, 0.25) is 0 Å². The maximum Gasteiger partial charge on any atom is 0.410 e. The van der Waals surface area contributed by atoms with Gasteiger partial charge in [-0.3, -0.25) is 9.48 Å². The van der Waals surface area contributed by atoms with Gasteiger partial charge < -0.3 is 19.9 Å². The molecule has 0 unspecified atom stereocenters. The van der Waals surface area contributed by atoms with Crippen molar-refractivity contribution in [3.05, 3.63) is 41.2 Å². The van der Waals surface area contributed by atoms with E-state index in [2.05, 4.69) is 10.4 Å². The number of carbonyl (C=O) groups excluding carboxylic acids is 2. The normalized spacial score (nSPS) is 13.7. The Labute approximate surface area is 171 Å². The second-order valence-corrected chi connectivity index (χ2v) is 8.44. The molecule has 1 aromatic carbocycles. The smallest absolute Gasteiger partial charge is 0.410 e. The van der Waals surface area contributed by atoms with Crippen LogP contribution in [0.25, 0.3) is 0 Å². The molecule has 156 valence electrons. The fourth-order valence-corrected chi connectivity index (χ4v) is 3.30. The van der Waals surface area contributed by atoms with Crippen molar-refractivity contribution < 1.29 is 14.3 Å². The van der Waals surface area contributed by atoms with Crippen LogP contribution in [0.3, 0.4) is 0 Å². The van der Waals surface area contributed by atoms with Crippen LogP contribution < -0.4 is 10.2 Å². The molecule has 0 aliphatic carbocycles. The van der Waals surface area contributed by atoms with Gasteiger partial charge in [-0.15, -0.1) is 0 Å². The lowest BCUT2D eigenvalue weighted by Crippen LogP contribution is -2.40. The van der Waals surface area contributed by atoms with Crippen molar-refractivity contribution in [2.75, 3.05) is 30.9 Å². The highest BCUT2D eigenvalue weighted by atomic mass is 16.6. The summed E-state index contributed by atoms with van der Waals surface area (Å²) in [5.74, 6) is -0.245. The van der Waals surface area contributed by atoms with Gasteiger partial charge in [0.25, 0.3) is 5.91 Å². The number of hydrogen-bond donors (Lipinski definition) is 1. The van der Waals surface area contributed by atoms with Crippen molar-refractivity contribution in [1.29, 1.82) is 0 Å². The van der Waals surface area contributed by atoms with Crippen LogP contribution in [-0.4, -0.2) is 52.9 Å². The third kappa shape index (κ3) is 4.70. The molecule has 0 fully saturated rings. The SMILES string of the molecule is CN(C)c1ccc(NC(=O)c2c3c(nn2C)CCN(C(=O)OC(C)(C)C)C3)cc1. The Morgan fingerprint density at radius 1 is 1.17 bits per heavy atom. The first-order chi connectivity index (χ1) is 13.5. The number of fused-ring (bicyclic) bond motifs is 1. The summed E-state index contributed by atoms with van der Waals surface area (Å²) < 4.78 is 7.07. The predicted molar refractivity (Wildman–Crippen MR) is 112 cm³/mol. The number of carbonyl (C=O) groups is 2. The van der Waals surface area contributed by atoms with Crippen LogP contribution in [0.4, 0.5) is 16.2 Å². The van der Waals surface area contributed by atoms with Gasteiger partial charge in [-0.2, -0.15) is 5.10 Å². The monoisotopic (exact) mass is 399 g/mol. The third-order valence-corrected chi connectivity index (χ3v) is 4.70. The number of anilines is 2. The minimum absolute atomic E-state index is 0.245. The molecule has 0 spiro atoms. The second kappa shape index (κ2) is 7.77. The van der Waals surface area contributed by atoms with Gasteiger partial charge in [0.1, 0.15) is 11.3 Å². The Hall–Kier alpha value is -3.03. The number of benzene rings is 1. The Morgan fingerprint density at radius 3 is 2.41 bits per heavy atom. The largest absolute Gasteiger partial charge is 0.444 e. The van der Waals surface area contributed by atoms with Crippen molar-refractivity contribution in [3.63, 3.8) is 0 Å². The number of ether oxygens (including phenoxy) is 1. The van der Waals surface area contributed by atoms with E-state index in [1.165, 1.54) is 0 Å². The fourth-order valence-electron chi connectivity index (χ4n) is 3.30. The summed E-state index contributed by atoms with van der Waals surface area (Å²) in [4.78, 5) is 29.1. The van der Waals surface area contributed by atoms with E-state index >= 15 is 0 Å². The van der Waals surface area contributed by atoms with E-state index in [1.54, 1.807) is 16.6 Å². The maximum absolute atomic E-state index is 13.0. The van der Waals surface area contributed by atoms with Gasteiger partial charge in [0.05, 0.1) is 12.2 Å². The number of amides is 2. The predicted octanol–water partition coefficient (Wildman–Crippen LogP) is 3.03. The summed E-state index contributed by atoms with van der Waals surface area (Å²) >= 11 is 0. The molecule has 8 nitrogen and oxygen atoms in total. The van der Waals surface area contributed by atoms with E-state index in [0.29, 0.717) is 30.9 Å². The molecule has 1 aliphatic heterocycles. The van der Waals surface area contributed by atoms with E-state index in [-0.39, 0.29) is 12.0 Å². The Bertz CT molecular complexity index is 910. The fraction of sp³-hybridized carbons (Fsp3) is 0.476. The van der Waals surface area contributed by atoms with Crippen LogP contribution in [0.2, 0.25) is 0 Å². The molecule has 2 aromatic rings. The zero-order valence-corrected chi connectivity index (χ0v) is 17.9. The minimum Gasteiger partial charge on any atom is -0.444 e. The second-order valence-electron chi connectivity index (χ2n) is 8.44. The van der Waals surface area contributed by atoms with E-state index in [0.717, 1.165) is 16.9 Å². The van der Waals surface area contributed by atoms with E-state index in [1.807, 2.05) is 64.0 Å². The third-order valence-electron chi connectivity index (χ3n) is 4.70. The number of hydrogen-bond acceptors (Lipinski definition) is 5. The first kappa shape index (κ1) is 20.7. The van der Waals surface area contributed by atoms with Gasteiger partial charge >= 0.3 is 6.09 Å². The Morgan fingerprint density at radius 2 is 1.83 bits per heavy atom. The van der Waals surface area contributed by atoms with Crippen molar-refractivity contribution in [2.45, 2.75) is 39.3 Å². The van der Waals surface area contributed by atoms with E-state index < -0.39 is 5.60 Å². The average molecular weight is 399 g/mol. The van der Waals surface area contributed by atoms with Crippen LogP contribution in [0, 0.1) is 0 Å². The number of nitrogens with zero attached hydrogens (tertiary/aromatic N) is 4. The average Bonchev–Trinajstić information content (AvgIpc) is 2.95. The van der Waals surface area contributed by atoms with Gasteiger partial charge in [-0.25, -0.2) is 4.79 Å². The molecule has 0 bridgehead atoms. The van der Waals surface area contributed by atoms with Crippen LogP contribution in [0.5, 0.6) is 0 Å². The summed E-state index contributed by atoms with van der Waals surface area (Å²) in [6.45, 7) is 6.34. The summed E-state index contributed by atoms with van der Waals surface area (Å²) in [6.07, 6.45) is 0.213. The van der Waals surface area contributed by atoms with E-state index in [4.69, 9.17) is 4.74 Å². The van der Waals surface area contributed by atoms with Crippen LogP contribution in [0.1, 0.15) is 42.5 Å². The Kier molecular flexibility index (Phi) is 5.55. The molecule has 3 rings (SSSR count). The molecule has 0 atom stereocenters. The summed E-state index contributed by atoms with van der Waals surface area (Å²) in [7, 11) is 5.68. The quantitative estimate of drug-likeness (QED) is 0.858. The molecule has 29 heavy (non-hydrogen) atoms. The minimum atomic E-state index is -0.564. The van der Waals surface area contributed by atoms with Gasteiger partial charge in [0.15, 0.2) is 0 Å². The Balaban J connectivity index is 1.78. The highest BCUT2D eigenvalue weighted by Crippen LogP contribution is 2.25. The summed E-state index contributed by atoms with van der Waals surface area (Å²) in [5, 5.41) is 7.42. The first-order valence-electron chi connectivity index (χ1n) is 9.66. The summed E-state index contributed by atoms with van der Waals surface area (Å²) in [6, 6.07) is 7.61. The van der Waals surface area contributed by atoms with Crippen LogP contribution in [-0.2, 0) is 24.8 Å². The van der Waals surface area contributed by atoms with Crippen molar-refractivity contribution in [1.82, 2.24) is 14.7 Å². The van der Waals surface area contributed by atoms with Crippen LogP contribution in [0.15, 0.2) is 24.3 Å². The standard InChI is InChI=1S/C21H29N5O3/c1-21(2,3)29-20(28)26-12-11-17-16(13-26)18(25(6)23-17)19(27)22-14-7-9-15(10-8-14)24(4)5/h7-10H,11-13H2,1-6H3,(H,22,27). The lowest BCUT2D eigenvalue weighted by Gasteiger charge is -2.29. The van der Waals surface area contributed by atoms with Crippen molar-refractivity contribution >= 4 is 23.4 Å². The van der Waals surface area contributed by atoms with Crippen molar-refractivity contribution in [3.8, 4) is 0 Å². The molecule has 2 amide bonds. The van der Waals surface area contributed by atoms with E-state index in [9.17, 15) is 9.59 Å². The molecule has 0 saturated heterocycles. The highest BCUT2D eigenvalue weighted by molar-refractivity contribution is 6.04. The molecule has 1 N–H and O–H groups in total. The zero-order chi connectivity index (χ0) is 21.3. The topological polar surface area (TPSA) is 79.7 Å². The number of nitrogens with one attached hydrogen (secondary N) is 1. The zero-order valence-electron chi connectivity index (χ0n) is 17.9. The molecule has 1 aromatic heterocycles. The van der Waals surface area contributed by atoms with Gasteiger partial charge in [-0.1, -0.05) is 0 Å². The molecule has 8 heteroatoms. The lowest BCUT2D eigenvalue weighted by atomic mass is 10.1. The van der Waals surface area contributed by atoms with Crippen molar-refractivity contribution in [2.24, 2.45) is 7.05 Å². The van der Waals surface area contributed by atoms with Gasteiger partial charge in [0, 0.05) is 51.0 Å². The first-order valence-corrected chi connectivity index (χ1v) is 9.66.